The Morgan fingerprint density at radius 2 is 1.77 bits per heavy atom. The Balaban J connectivity index is 1.77. The third-order valence-corrected chi connectivity index (χ3v) is 6.26. The summed E-state index contributed by atoms with van der Waals surface area (Å²) in [5.74, 6) is 0.0823. The van der Waals surface area contributed by atoms with E-state index in [1.807, 2.05) is 31.2 Å². The van der Waals surface area contributed by atoms with E-state index in [1.54, 1.807) is 24.3 Å². The van der Waals surface area contributed by atoms with Crippen LogP contribution in [-0.4, -0.2) is 16.1 Å². The minimum absolute atomic E-state index is 0.0736. The lowest BCUT2D eigenvalue weighted by atomic mass is 9.95. The largest absolute Gasteiger partial charge is 0.450 e. The maximum Gasteiger partial charge on any atom is 0.297 e. The summed E-state index contributed by atoms with van der Waals surface area (Å²) in [5, 5.41) is 9.90. The van der Waals surface area contributed by atoms with Gasteiger partial charge >= 0.3 is 0 Å². The summed E-state index contributed by atoms with van der Waals surface area (Å²) in [6, 6.07) is 14.4. The smallest absolute Gasteiger partial charge is 0.297 e. The van der Waals surface area contributed by atoms with Crippen LogP contribution < -0.4 is 10.3 Å². The highest BCUT2D eigenvalue weighted by atomic mass is 32.1. The number of para-hydroxylation sites is 1. The van der Waals surface area contributed by atoms with E-state index in [1.165, 1.54) is 21.8 Å². The van der Waals surface area contributed by atoms with Crippen molar-refractivity contribution in [2.45, 2.75) is 32.7 Å². The molecule has 5 rings (SSSR count). The van der Waals surface area contributed by atoms with E-state index in [2.05, 4.69) is 24.0 Å². The Morgan fingerprint density at radius 3 is 2.43 bits per heavy atom. The van der Waals surface area contributed by atoms with Crippen LogP contribution >= 0.6 is 11.3 Å². The summed E-state index contributed by atoms with van der Waals surface area (Å²) in [7, 11) is 0. The molecule has 1 aliphatic rings. The van der Waals surface area contributed by atoms with Crippen molar-refractivity contribution in [1.29, 1.82) is 0 Å². The van der Waals surface area contributed by atoms with Crippen LogP contribution in [0.5, 0.6) is 0 Å². The van der Waals surface area contributed by atoms with Crippen LogP contribution in [0.2, 0.25) is 0 Å². The van der Waals surface area contributed by atoms with Gasteiger partial charge < -0.3 is 4.42 Å². The molecule has 1 amide bonds. The molecule has 1 atom stereocenters. The first-order valence-electron chi connectivity index (χ1n) is 9.75. The first-order chi connectivity index (χ1) is 14.5. The zero-order valence-corrected chi connectivity index (χ0v) is 17.6. The fraction of sp³-hybridized carbons (Fsp3) is 0.217. The lowest BCUT2D eigenvalue weighted by Gasteiger charge is -2.22. The van der Waals surface area contributed by atoms with E-state index < -0.39 is 6.04 Å². The average Bonchev–Trinajstić information content (AvgIpc) is 3.29. The highest BCUT2D eigenvalue weighted by molar-refractivity contribution is 7.15. The molecule has 0 aliphatic carbocycles. The van der Waals surface area contributed by atoms with Gasteiger partial charge in [0.05, 0.1) is 17.0 Å². The zero-order chi connectivity index (χ0) is 21.0. The maximum atomic E-state index is 13.4. The second kappa shape index (κ2) is 6.88. The number of fused-ring (bicyclic) bond motifs is 2. The van der Waals surface area contributed by atoms with Crippen molar-refractivity contribution in [2.24, 2.45) is 0 Å². The van der Waals surface area contributed by atoms with E-state index >= 15 is 0 Å². The third-order valence-electron chi connectivity index (χ3n) is 5.42. The van der Waals surface area contributed by atoms with E-state index in [-0.39, 0.29) is 17.1 Å². The third kappa shape index (κ3) is 2.77. The Morgan fingerprint density at radius 1 is 1.03 bits per heavy atom. The molecule has 0 saturated carbocycles. The Labute approximate surface area is 176 Å². The molecule has 0 N–H and O–H groups in total. The molecule has 7 heteroatoms. The van der Waals surface area contributed by atoms with Crippen LogP contribution in [0.1, 0.15) is 58.1 Å². The van der Waals surface area contributed by atoms with Gasteiger partial charge in [-0.1, -0.05) is 61.6 Å². The molecule has 0 radical (unpaired) electrons. The van der Waals surface area contributed by atoms with Crippen LogP contribution in [-0.2, 0) is 0 Å². The summed E-state index contributed by atoms with van der Waals surface area (Å²) in [6.07, 6.45) is 0. The molecule has 4 aromatic rings. The molecule has 0 spiro atoms. The summed E-state index contributed by atoms with van der Waals surface area (Å²) in [6.45, 7) is 6.08. The van der Waals surface area contributed by atoms with Crippen LogP contribution in [0.15, 0.2) is 57.7 Å². The van der Waals surface area contributed by atoms with Crippen molar-refractivity contribution in [3.05, 3.63) is 86.2 Å². The molecule has 0 bridgehead atoms. The van der Waals surface area contributed by atoms with Crippen molar-refractivity contribution in [3.8, 4) is 0 Å². The van der Waals surface area contributed by atoms with Crippen molar-refractivity contribution in [2.75, 3.05) is 4.90 Å². The van der Waals surface area contributed by atoms with Gasteiger partial charge in [-0.15, -0.1) is 10.2 Å². The number of rotatable bonds is 3. The number of aromatic nitrogens is 2. The second-order valence-corrected chi connectivity index (χ2v) is 8.83. The van der Waals surface area contributed by atoms with Crippen LogP contribution in [0.4, 0.5) is 5.13 Å². The number of hydrogen-bond donors (Lipinski definition) is 0. The number of aryl methyl sites for hydroxylation is 1. The van der Waals surface area contributed by atoms with Gasteiger partial charge in [-0.2, -0.15) is 0 Å². The maximum absolute atomic E-state index is 13.4. The molecule has 0 unspecified atom stereocenters. The number of carbonyl (C=O) groups is 1. The van der Waals surface area contributed by atoms with E-state index in [0.29, 0.717) is 27.6 Å². The lowest BCUT2D eigenvalue weighted by molar-refractivity contribution is 0.0970. The van der Waals surface area contributed by atoms with Gasteiger partial charge in [0.1, 0.15) is 10.6 Å². The van der Waals surface area contributed by atoms with Gasteiger partial charge in [-0.25, -0.2) is 0 Å². The molecular weight excluding hydrogens is 398 g/mol. The van der Waals surface area contributed by atoms with Gasteiger partial charge in [-0.3, -0.25) is 14.5 Å². The molecule has 2 aromatic carbocycles. The predicted molar refractivity (Wildman–Crippen MR) is 116 cm³/mol. The van der Waals surface area contributed by atoms with E-state index in [9.17, 15) is 9.59 Å². The second-order valence-electron chi connectivity index (χ2n) is 7.67. The first kappa shape index (κ1) is 18.7. The molecule has 0 fully saturated rings. The highest BCUT2D eigenvalue weighted by Crippen LogP contribution is 2.42. The fourth-order valence-corrected chi connectivity index (χ4v) is 4.59. The van der Waals surface area contributed by atoms with Gasteiger partial charge in [0, 0.05) is 0 Å². The molecule has 6 nitrogen and oxygen atoms in total. The Kier molecular flexibility index (Phi) is 4.29. The quantitative estimate of drug-likeness (QED) is 0.477. The average molecular weight is 417 g/mol. The predicted octanol–water partition coefficient (Wildman–Crippen LogP) is 4.83. The molecular formula is C23H19N3O3S. The summed E-state index contributed by atoms with van der Waals surface area (Å²) < 4.78 is 5.93. The Bertz CT molecular complexity index is 1340. The highest BCUT2D eigenvalue weighted by Gasteiger charge is 2.45. The standard InChI is InChI=1S/C23H19N3O3S/c1-12(2)14-8-10-15(11-9-14)19-18-20(27)16-6-4-5-7-17(16)29-21(18)22(28)26(19)23-25-24-13(3)30-23/h4-12,19H,1-3H3/t19-/m1/s1. The fourth-order valence-electron chi connectivity index (χ4n) is 3.88. The Hall–Kier alpha value is -3.32. The number of hydrogen-bond acceptors (Lipinski definition) is 6. The molecule has 0 saturated heterocycles. The minimum Gasteiger partial charge on any atom is -0.450 e. The molecule has 1 aliphatic heterocycles. The van der Waals surface area contributed by atoms with Crippen LogP contribution in [0.3, 0.4) is 0 Å². The monoisotopic (exact) mass is 417 g/mol. The summed E-state index contributed by atoms with van der Waals surface area (Å²) in [4.78, 5) is 28.4. The van der Waals surface area contributed by atoms with Gasteiger partial charge in [0.2, 0.25) is 10.9 Å². The minimum atomic E-state index is -0.609. The molecule has 2 aromatic heterocycles. The van der Waals surface area contributed by atoms with Crippen molar-refractivity contribution < 1.29 is 9.21 Å². The number of nitrogens with zero attached hydrogens (tertiary/aromatic N) is 3. The van der Waals surface area contributed by atoms with Crippen molar-refractivity contribution >= 4 is 33.3 Å². The summed E-state index contributed by atoms with van der Waals surface area (Å²) >= 11 is 1.32. The van der Waals surface area contributed by atoms with Gasteiger partial charge in [0.15, 0.2) is 5.43 Å². The number of carbonyl (C=O) groups excluding carboxylic acids is 1. The zero-order valence-electron chi connectivity index (χ0n) is 16.7. The number of amides is 1. The van der Waals surface area contributed by atoms with E-state index in [0.717, 1.165) is 10.6 Å². The van der Waals surface area contributed by atoms with Crippen LogP contribution in [0.25, 0.3) is 11.0 Å². The first-order valence-corrected chi connectivity index (χ1v) is 10.6. The van der Waals surface area contributed by atoms with Crippen LogP contribution in [0, 0.1) is 6.92 Å². The SMILES string of the molecule is Cc1nnc(N2C(=O)c3oc4ccccc4c(=O)c3[C@H]2c2ccc(C(C)C)cc2)s1. The van der Waals surface area contributed by atoms with Gasteiger partial charge in [-0.05, 0) is 36.1 Å². The normalized spacial score (nSPS) is 15.9. The molecule has 150 valence electrons. The van der Waals surface area contributed by atoms with Crippen molar-refractivity contribution in [3.63, 3.8) is 0 Å². The number of anilines is 1. The molecule has 30 heavy (non-hydrogen) atoms. The topological polar surface area (TPSA) is 76.3 Å². The van der Waals surface area contributed by atoms with Crippen molar-refractivity contribution in [1.82, 2.24) is 10.2 Å². The summed E-state index contributed by atoms with van der Waals surface area (Å²) in [5.41, 5.74) is 2.58. The lowest BCUT2D eigenvalue weighted by Crippen LogP contribution is -2.29. The van der Waals surface area contributed by atoms with Gasteiger partial charge in [0.25, 0.3) is 5.91 Å². The number of benzene rings is 2. The van der Waals surface area contributed by atoms with E-state index in [4.69, 9.17) is 4.42 Å². The molecule has 3 heterocycles.